The largest absolute Gasteiger partial charge is 0.487 e. The first-order valence-corrected chi connectivity index (χ1v) is 10.3. The molecule has 0 fully saturated rings. The molecule has 5 nitrogen and oxygen atoms in total. The topological polar surface area (TPSA) is 64.1 Å². The lowest BCUT2D eigenvalue weighted by Gasteiger charge is -2.06. The van der Waals surface area contributed by atoms with Crippen LogP contribution in [-0.4, -0.2) is 15.9 Å². The van der Waals surface area contributed by atoms with Gasteiger partial charge in [-0.15, -0.1) is 22.7 Å². The number of hydrogen-bond acceptors (Lipinski definition) is 6. The molecular weight excluding hydrogens is 366 g/mol. The Morgan fingerprint density at radius 1 is 1.19 bits per heavy atom. The number of nitrogens with zero attached hydrogens (tertiary/aromatic N) is 2. The van der Waals surface area contributed by atoms with Gasteiger partial charge >= 0.3 is 0 Å². The van der Waals surface area contributed by atoms with Gasteiger partial charge in [-0.05, 0) is 56.9 Å². The molecule has 1 aliphatic carbocycles. The highest BCUT2D eigenvalue weighted by molar-refractivity contribution is 7.15. The SMILES string of the molecule is Cc1nc(COc2ccc(C(=O)Nc3nc4c(s3)CCCC4)cc2)cs1. The van der Waals surface area contributed by atoms with Gasteiger partial charge in [-0.3, -0.25) is 10.1 Å². The number of ether oxygens (including phenoxy) is 1. The highest BCUT2D eigenvalue weighted by Crippen LogP contribution is 2.29. The summed E-state index contributed by atoms with van der Waals surface area (Å²) in [7, 11) is 0. The Labute approximate surface area is 160 Å². The molecule has 4 rings (SSSR count). The third kappa shape index (κ3) is 3.94. The molecule has 1 aliphatic rings. The summed E-state index contributed by atoms with van der Waals surface area (Å²) in [6.07, 6.45) is 4.50. The normalized spacial score (nSPS) is 13.3. The van der Waals surface area contributed by atoms with Crippen LogP contribution in [0.25, 0.3) is 0 Å². The second-order valence-corrected chi connectivity index (χ2v) is 8.37. The van der Waals surface area contributed by atoms with E-state index in [2.05, 4.69) is 15.3 Å². The number of carbonyl (C=O) groups excluding carboxylic acids is 1. The van der Waals surface area contributed by atoms with E-state index in [-0.39, 0.29) is 5.91 Å². The van der Waals surface area contributed by atoms with Crippen LogP contribution in [0.2, 0.25) is 0 Å². The van der Waals surface area contributed by atoms with Crippen LogP contribution in [0.1, 0.15) is 44.5 Å². The van der Waals surface area contributed by atoms with Crippen molar-refractivity contribution >= 4 is 33.7 Å². The lowest BCUT2D eigenvalue weighted by Crippen LogP contribution is -2.11. The fourth-order valence-electron chi connectivity index (χ4n) is 2.91. The van der Waals surface area contributed by atoms with Crippen LogP contribution >= 0.6 is 22.7 Å². The molecule has 0 saturated heterocycles. The van der Waals surface area contributed by atoms with E-state index in [1.165, 1.54) is 17.7 Å². The van der Waals surface area contributed by atoms with E-state index in [1.807, 2.05) is 12.3 Å². The van der Waals surface area contributed by atoms with Crippen LogP contribution in [0.5, 0.6) is 5.75 Å². The lowest BCUT2D eigenvalue weighted by molar-refractivity contribution is 0.102. The third-order valence-electron chi connectivity index (χ3n) is 4.24. The molecule has 1 aromatic carbocycles. The van der Waals surface area contributed by atoms with Crippen molar-refractivity contribution in [2.45, 2.75) is 39.2 Å². The maximum atomic E-state index is 12.4. The number of hydrogen-bond donors (Lipinski definition) is 1. The fraction of sp³-hybridized carbons (Fsp3) is 0.316. The number of benzene rings is 1. The summed E-state index contributed by atoms with van der Waals surface area (Å²) in [5.41, 5.74) is 2.66. The Balaban J connectivity index is 1.36. The molecular formula is C19H19N3O2S2. The smallest absolute Gasteiger partial charge is 0.257 e. The highest BCUT2D eigenvalue weighted by atomic mass is 32.1. The number of aromatic nitrogens is 2. The zero-order valence-electron chi connectivity index (χ0n) is 14.4. The minimum atomic E-state index is -0.141. The molecule has 0 spiro atoms. The van der Waals surface area contributed by atoms with Crippen LogP contribution < -0.4 is 10.1 Å². The Bertz CT molecular complexity index is 892. The Kier molecular flexibility index (Phi) is 4.99. The molecule has 0 aliphatic heterocycles. The number of amides is 1. The molecule has 0 atom stereocenters. The van der Waals surface area contributed by atoms with Gasteiger partial charge in [0.2, 0.25) is 0 Å². The summed E-state index contributed by atoms with van der Waals surface area (Å²) >= 11 is 3.20. The third-order valence-corrected chi connectivity index (χ3v) is 6.13. The molecule has 0 bridgehead atoms. The van der Waals surface area contributed by atoms with Gasteiger partial charge in [-0.2, -0.15) is 0 Å². The second-order valence-electron chi connectivity index (χ2n) is 6.22. The van der Waals surface area contributed by atoms with E-state index in [0.29, 0.717) is 17.3 Å². The van der Waals surface area contributed by atoms with Crippen molar-refractivity contribution in [3.05, 3.63) is 56.5 Å². The Morgan fingerprint density at radius 2 is 2.00 bits per heavy atom. The van der Waals surface area contributed by atoms with Gasteiger partial charge in [0.05, 0.1) is 16.4 Å². The van der Waals surface area contributed by atoms with E-state index < -0.39 is 0 Å². The van der Waals surface area contributed by atoms with E-state index in [4.69, 9.17) is 4.74 Å². The average Bonchev–Trinajstić information content (AvgIpc) is 3.25. The molecule has 1 amide bonds. The molecule has 3 aromatic rings. The van der Waals surface area contributed by atoms with Crippen LogP contribution in [-0.2, 0) is 19.4 Å². The van der Waals surface area contributed by atoms with E-state index in [1.54, 1.807) is 46.9 Å². The van der Waals surface area contributed by atoms with Crippen molar-refractivity contribution in [3.63, 3.8) is 0 Å². The minimum Gasteiger partial charge on any atom is -0.487 e. The summed E-state index contributed by atoms with van der Waals surface area (Å²) in [5, 5.41) is 6.63. The van der Waals surface area contributed by atoms with Gasteiger partial charge in [0.25, 0.3) is 5.91 Å². The zero-order chi connectivity index (χ0) is 17.9. The summed E-state index contributed by atoms with van der Waals surface area (Å²) in [4.78, 5) is 22.7. The van der Waals surface area contributed by atoms with Crippen molar-refractivity contribution in [2.24, 2.45) is 0 Å². The van der Waals surface area contributed by atoms with Gasteiger partial charge in [0, 0.05) is 15.8 Å². The second kappa shape index (κ2) is 7.55. The number of rotatable bonds is 5. The summed E-state index contributed by atoms with van der Waals surface area (Å²) in [5.74, 6) is 0.578. The first-order valence-electron chi connectivity index (χ1n) is 8.61. The van der Waals surface area contributed by atoms with Gasteiger partial charge in [0.1, 0.15) is 12.4 Å². The predicted octanol–water partition coefficient (Wildman–Crippen LogP) is 4.62. The molecule has 7 heteroatoms. The van der Waals surface area contributed by atoms with Crippen LogP contribution in [0.4, 0.5) is 5.13 Å². The number of fused-ring (bicyclic) bond motifs is 1. The van der Waals surface area contributed by atoms with Gasteiger partial charge in [-0.1, -0.05) is 0 Å². The fourth-order valence-corrected chi connectivity index (χ4v) is 4.55. The highest BCUT2D eigenvalue weighted by Gasteiger charge is 2.16. The number of carbonyl (C=O) groups is 1. The minimum absolute atomic E-state index is 0.141. The lowest BCUT2D eigenvalue weighted by atomic mass is 10.0. The first kappa shape index (κ1) is 17.2. The van der Waals surface area contributed by atoms with Gasteiger partial charge in [-0.25, -0.2) is 9.97 Å². The average molecular weight is 386 g/mol. The predicted molar refractivity (Wildman–Crippen MR) is 104 cm³/mol. The van der Waals surface area contributed by atoms with Crippen molar-refractivity contribution in [3.8, 4) is 5.75 Å². The molecule has 134 valence electrons. The summed E-state index contributed by atoms with van der Waals surface area (Å²) in [6, 6.07) is 7.15. The number of anilines is 1. The molecule has 2 heterocycles. The molecule has 1 N–H and O–H groups in total. The van der Waals surface area contributed by atoms with E-state index >= 15 is 0 Å². The standard InChI is InChI=1S/C19H19N3O2S2/c1-12-20-14(11-25-12)10-24-15-8-6-13(7-9-15)18(23)22-19-21-16-4-2-3-5-17(16)26-19/h6-9,11H,2-5,10H2,1H3,(H,21,22,23). The van der Waals surface area contributed by atoms with Crippen molar-refractivity contribution in [2.75, 3.05) is 5.32 Å². The Hall–Kier alpha value is -2.25. The van der Waals surface area contributed by atoms with Crippen molar-refractivity contribution < 1.29 is 9.53 Å². The van der Waals surface area contributed by atoms with E-state index in [9.17, 15) is 4.79 Å². The van der Waals surface area contributed by atoms with Crippen LogP contribution in [0, 0.1) is 6.92 Å². The molecule has 26 heavy (non-hydrogen) atoms. The maximum Gasteiger partial charge on any atom is 0.257 e. The molecule has 2 aromatic heterocycles. The first-order chi connectivity index (χ1) is 12.7. The summed E-state index contributed by atoms with van der Waals surface area (Å²) in [6.45, 7) is 2.40. The van der Waals surface area contributed by atoms with Crippen molar-refractivity contribution in [1.29, 1.82) is 0 Å². The van der Waals surface area contributed by atoms with Gasteiger partial charge in [0.15, 0.2) is 5.13 Å². The monoisotopic (exact) mass is 385 g/mol. The van der Waals surface area contributed by atoms with E-state index in [0.717, 1.165) is 35.0 Å². The molecule has 0 unspecified atom stereocenters. The van der Waals surface area contributed by atoms with Gasteiger partial charge < -0.3 is 4.74 Å². The van der Waals surface area contributed by atoms with Crippen LogP contribution in [0.3, 0.4) is 0 Å². The molecule has 0 saturated carbocycles. The summed E-state index contributed by atoms with van der Waals surface area (Å²) < 4.78 is 5.72. The van der Waals surface area contributed by atoms with Crippen molar-refractivity contribution in [1.82, 2.24) is 9.97 Å². The number of aryl methyl sites for hydroxylation is 3. The van der Waals surface area contributed by atoms with Crippen LogP contribution in [0.15, 0.2) is 29.6 Å². The maximum absolute atomic E-state index is 12.4. The Morgan fingerprint density at radius 3 is 2.73 bits per heavy atom. The number of thiazole rings is 2. The number of nitrogens with one attached hydrogen (secondary N) is 1. The quantitative estimate of drug-likeness (QED) is 0.696. The molecule has 0 radical (unpaired) electrons. The zero-order valence-corrected chi connectivity index (χ0v) is 16.1.